The number of hydrogen-bond acceptors (Lipinski definition) is 6. The number of thiazole rings is 2. The Morgan fingerprint density at radius 3 is 3.04 bits per heavy atom. The van der Waals surface area contributed by atoms with Gasteiger partial charge in [0.15, 0.2) is 0 Å². The Labute approximate surface area is 154 Å². The van der Waals surface area contributed by atoms with Gasteiger partial charge in [-0.2, -0.15) is 0 Å². The van der Waals surface area contributed by atoms with Crippen LogP contribution in [-0.2, 0) is 24.2 Å². The lowest BCUT2D eigenvalue weighted by Gasteiger charge is -2.26. The van der Waals surface area contributed by atoms with E-state index in [2.05, 4.69) is 15.3 Å². The van der Waals surface area contributed by atoms with E-state index in [1.54, 1.807) is 28.9 Å². The topological polar surface area (TPSA) is 59.0 Å². The van der Waals surface area contributed by atoms with Gasteiger partial charge in [0.25, 0.3) is 0 Å². The summed E-state index contributed by atoms with van der Waals surface area (Å²) < 4.78 is 0. The van der Waals surface area contributed by atoms with Crippen molar-refractivity contribution in [2.45, 2.75) is 32.7 Å². The van der Waals surface area contributed by atoms with Gasteiger partial charge in [0.05, 0.1) is 17.2 Å². The van der Waals surface area contributed by atoms with Gasteiger partial charge in [0.1, 0.15) is 10.7 Å². The van der Waals surface area contributed by atoms with Crippen molar-refractivity contribution < 1.29 is 4.79 Å². The first-order valence-electron chi connectivity index (χ1n) is 8.27. The summed E-state index contributed by atoms with van der Waals surface area (Å²) in [4.78, 5) is 29.0. The molecule has 0 atom stereocenters. The Morgan fingerprint density at radius 1 is 1.36 bits per heavy atom. The Hall–Kier alpha value is -2.12. The summed E-state index contributed by atoms with van der Waals surface area (Å²) in [7, 11) is 0. The number of aromatic nitrogens is 3. The third-order valence-electron chi connectivity index (χ3n) is 4.27. The maximum absolute atomic E-state index is 12.5. The standard InChI is InChI=1S/C18H18N4OS2/c1-12-20-15(11-24-12)18-21-14-6-8-22(10-16(14)25-18)17(23)5-4-13-3-2-7-19-9-13/h2-3,7,9,11H,4-6,8,10H2,1H3. The average Bonchev–Trinajstić information content (AvgIpc) is 3.25. The SMILES string of the molecule is Cc1nc(-c2nc3c(s2)CN(C(=O)CCc2cccnc2)CC3)cs1. The molecule has 0 unspecified atom stereocenters. The summed E-state index contributed by atoms with van der Waals surface area (Å²) in [6.07, 6.45) is 5.67. The molecule has 0 fully saturated rings. The number of rotatable bonds is 4. The maximum atomic E-state index is 12.5. The fourth-order valence-corrected chi connectivity index (χ4v) is 4.69. The molecule has 1 amide bonds. The van der Waals surface area contributed by atoms with Gasteiger partial charge in [0, 0.05) is 42.0 Å². The highest BCUT2D eigenvalue weighted by atomic mass is 32.1. The van der Waals surface area contributed by atoms with Crippen molar-refractivity contribution in [3.63, 3.8) is 0 Å². The zero-order valence-corrected chi connectivity index (χ0v) is 15.6. The van der Waals surface area contributed by atoms with Gasteiger partial charge in [-0.25, -0.2) is 9.97 Å². The highest BCUT2D eigenvalue weighted by Crippen LogP contribution is 2.32. The molecule has 0 saturated carbocycles. The lowest BCUT2D eigenvalue weighted by molar-refractivity contribution is -0.132. The monoisotopic (exact) mass is 370 g/mol. The van der Waals surface area contributed by atoms with Crippen LogP contribution in [0.25, 0.3) is 10.7 Å². The van der Waals surface area contributed by atoms with Gasteiger partial charge in [-0.15, -0.1) is 22.7 Å². The van der Waals surface area contributed by atoms with Crippen LogP contribution in [0, 0.1) is 6.92 Å². The predicted octanol–water partition coefficient (Wildman–Crippen LogP) is 3.49. The van der Waals surface area contributed by atoms with Crippen molar-refractivity contribution in [2.75, 3.05) is 6.54 Å². The van der Waals surface area contributed by atoms with Gasteiger partial charge in [-0.05, 0) is 25.0 Å². The number of aryl methyl sites for hydroxylation is 2. The van der Waals surface area contributed by atoms with E-state index in [-0.39, 0.29) is 5.91 Å². The molecule has 0 radical (unpaired) electrons. The van der Waals surface area contributed by atoms with Gasteiger partial charge in [0.2, 0.25) is 5.91 Å². The van der Waals surface area contributed by atoms with Gasteiger partial charge in [-0.1, -0.05) is 6.07 Å². The number of hydrogen-bond donors (Lipinski definition) is 0. The Morgan fingerprint density at radius 2 is 2.28 bits per heavy atom. The van der Waals surface area contributed by atoms with Crippen molar-refractivity contribution in [1.82, 2.24) is 19.9 Å². The van der Waals surface area contributed by atoms with Crippen LogP contribution in [0.1, 0.15) is 27.6 Å². The third kappa shape index (κ3) is 3.62. The number of carbonyl (C=O) groups is 1. The quantitative estimate of drug-likeness (QED) is 0.705. The minimum absolute atomic E-state index is 0.203. The van der Waals surface area contributed by atoms with E-state index in [9.17, 15) is 4.79 Å². The molecule has 7 heteroatoms. The zero-order chi connectivity index (χ0) is 17.2. The van der Waals surface area contributed by atoms with Gasteiger partial charge >= 0.3 is 0 Å². The van der Waals surface area contributed by atoms with Crippen LogP contribution < -0.4 is 0 Å². The van der Waals surface area contributed by atoms with Crippen molar-refractivity contribution in [2.24, 2.45) is 0 Å². The molecule has 0 bridgehead atoms. The number of fused-ring (bicyclic) bond motifs is 1. The first kappa shape index (κ1) is 16.4. The van der Waals surface area contributed by atoms with E-state index >= 15 is 0 Å². The molecule has 1 aliphatic heterocycles. The van der Waals surface area contributed by atoms with Crippen LogP contribution in [0.5, 0.6) is 0 Å². The largest absolute Gasteiger partial charge is 0.337 e. The predicted molar refractivity (Wildman–Crippen MR) is 99.6 cm³/mol. The van der Waals surface area contributed by atoms with E-state index in [4.69, 9.17) is 4.98 Å². The first-order valence-corrected chi connectivity index (χ1v) is 9.96. The number of nitrogens with zero attached hydrogens (tertiary/aromatic N) is 4. The Bertz CT molecular complexity index is 888. The van der Waals surface area contributed by atoms with Crippen LogP contribution in [-0.4, -0.2) is 32.3 Å². The second-order valence-electron chi connectivity index (χ2n) is 6.07. The summed E-state index contributed by atoms with van der Waals surface area (Å²) in [5.74, 6) is 0.203. The van der Waals surface area contributed by atoms with Crippen LogP contribution >= 0.6 is 22.7 Å². The van der Waals surface area contributed by atoms with Crippen LogP contribution in [0.4, 0.5) is 0 Å². The van der Waals surface area contributed by atoms with E-state index in [1.165, 1.54) is 4.88 Å². The fourth-order valence-electron chi connectivity index (χ4n) is 2.93. The average molecular weight is 371 g/mol. The fraction of sp³-hybridized carbons (Fsp3) is 0.333. The lowest BCUT2D eigenvalue weighted by Crippen LogP contribution is -2.35. The highest BCUT2D eigenvalue weighted by Gasteiger charge is 2.24. The second-order valence-corrected chi connectivity index (χ2v) is 8.21. The van der Waals surface area contributed by atoms with Crippen molar-refractivity contribution in [3.05, 3.63) is 51.0 Å². The zero-order valence-electron chi connectivity index (χ0n) is 13.9. The molecular formula is C18H18N4OS2. The smallest absolute Gasteiger partial charge is 0.223 e. The van der Waals surface area contributed by atoms with Crippen molar-refractivity contribution >= 4 is 28.6 Å². The molecule has 3 aromatic heterocycles. The molecule has 1 aliphatic rings. The van der Waals surface area contributed by atoms with Crippen LogP contribution in [0.2, 0.25) is 0 Å². The molecule has 0 spiro atoms. The van der Waals surface area contributed by atoms with E-state index < -0.39 is 0 Å². The number of pyridine rings is 1. The summed E-state index contributed by atoms with van der Waals surface area (Å²) in [5, 5.41) is 4.07. The number of carbonyl (C=O) groups excluding carboxylic acids is 1. The minimum atomic E-state index is 0.203. The van der Waals surface area contributed by atoms with E-state index in [0.29, 0.717) is 13.0 Å². The minimum Gasteiger partial charge on any atom is -0.337 e. The first-order chi connectivity index (χ1) is 12.2. The molecule has 25 heavy (non-hydrogen) atoms. The Kier molecular flexibility index (Phi) is 4.59. The number of amides is 1. The molecule has 4 heterocycles. The van der Waals surface area contributed by atoms with Crippen LogP contribution in [0.3, 0.4) is 0 Å². The molecule has 3 aromatic rings. The summed E-state index contributed by atoms with van der Waals surface area (Å²) in [6.45, 7) is 3.42. The van der Waals surface area contributed by atoms with Crippen molar-refractivity contribution in [3.8, 4) is 10.7 Å². The third-order valence-corrected chi connectivity index (χ3v) is 6.15. The summed E-state index contributed by atoms with van der Waals surface area (Å²) in [6, 6.07) is 3.92. The molecule has 4 rings (SSSR count). The lowest BCUT2D eigenvalue weighted by atomic mass is 10.1. The molecule has 128 valence electrons. The van der Waals surface area contributed by atoms with Gasteiger partial charge < -0.3 is 4.90 Å². The summed E-state index contributed by atoms with van der Waals surface area (Å²) >= 11 is 3.31. The Balaban J connectivity index is 1.42. The molecule has 5 nitrogen and oxygen atoms in total. The summed E-state index contributed by atoms with van der Waals surface area (Å²) in [5.41, 5.74) is 3.19. The van der Waals surface area contributed by atoms with E-state index in [1.807, 2.05) is 30.2 Å². The molecular weight excluding hydrogens is 352 g/mol. The highest BCUT2D eigenvalue weighted by molar-refractivity contribution is 7.15. The maximum Gasteiger partial charge on any atom is 0.223 e. The molecule has 0 aromatic carbocycles. The van der Waals surface area contributed by atoms with E-state index in [0.717, 1.165) is 46.4 Å². The van der Waals surface area contributed by atoms with Gasteiger partial charge in [-0.3, -0.25) is 9.78 Å². The van der Waals surface area contributed by atoms with Crippen LogP contribution in [0.15, 0.2) is 29.9 Å². The molecule has 0 N–H and O–H groups in total. The normalized spacial score (nSPS) is 13.7. The molecule has 0 saturated heterocycles. The second kappa shape index (κ2) is 7.01. The molecule has 0 aliphatic carbocycles. The van der Waals surface area contributed by atoms with Crippen molar-refractivity contribution in [1.29, 1.82) is 0 Å².